The number of halogens is 1. The standard InChI is InChI=1S/C19H20ClN5O/c20-14-9-23-19(24-10-14)25-11-16-15(17(16)12-25)5-7-22-18(26)4-3-13-2-1-6-21-8-13/h1-4,6,8-10,15-17H,5,7,11-12H2,(H,22,26)/b4-3+/t15-,16-,17+. The van der Waals surface area contributed by atoms with Crippen LogP contribution in [0.4, 0.5) is 5.95 Å². The van der Waals surface area contributed by atoms with Crippen LogP contribution in [0.5, 0.6) is 0 Å². The second kappa shape index (κ2) is 7.41. The van der Waals surface area contributed by atoms with Crippen LogP contribution >= 0.6 is 11.6 Å². The van der Waals surface area contributed by atoms with Gasteiger partial charge in [0.2, 0.25) is 11.9 Å². The van der Waals surface area contributed by atoms with Crippen molar-refractivity contribution in [1.29, 1.82) is 0 Å². The minimum atomic E-state index is -0.0594. The number of hydrogen-bond acceptors (Lipinski definition) is 5. The molecule has 2 aliphatic rings. The number of piperidine rings is 1. The third-order valence-corrected chi connectivity index (χ3v) is 5.34. The molecule has 3 atom stereocenters. The number of fused-ring (bicyclic) bond motifs is 1. The van der Waals surface area contributed by atoms with E-state index in [2.05, 4.69) is 25.2 Å². The molecule has 26 heavy (non-hydrogen) atoms. The molecule has 2 aromatic rings. The smallest absolute Gasteiger partial charge is 0.244 e. The summed E-state index contributed by atoms with van der Waals surface area (Å²) in [6.07, 6.45) is 11.1. The molecule has 0 spiro atoms. The SMILES string of the molecule is O=C(/C=C/c1cccnc1)NCC[C@@H]1[C@H]2CN(c3ncc(Cl)cn3)C[C@@H]12. The van der Waals surface area contributed by atoms with Crippen molar-refractivity contribution < 1.29 is 4.79 Å². The summed E-state index contributed by atoms with van der Waals surface area (Å²) in [5.41, 5.74) is 0.920. The van der Waals surface area contributed by atoms with E-state index in [9.17, 15) is 4.79 Å². The number of hydrogen-bond donors (Lipinski definition) is 1. The quantitative estimate of drug-likeness (QED) is 0.792. The average Bonchev–Trinajstić information content (AvgIpc) is 3.11. The van der Waals surface area contributed by atoms with Crippen molar-refractivity contribution in [3.05, 3.63) is 53.6 Å². The van der Waals surface area contributed by atoms with Crippen LogP contribution in [0.2, 0.25) is 5.02 Å². The molecule has 1 N–H and O–H groups in total. The van der Waals surface area contributed by atoms with Gasteiger partial charge in [0.1, 0.15) is 0 Å². The van der Waals surface area contributed by atoms with Crippen LogP contribution in [0.1, 0.15) is 12.0 Å². The maximum atomic E-state index is 11.9. The van der Waals surface area contributed by atoms with E-state index in [1.54, 1.807) is 36.9 Å². The summed E-state index contributed by atoms with van der Waals surface area (Å²) in [6, 6.07) is 3.76. The summed E-state index contributed by atoms with van der Waals surface area (Å²) >= 11 is 5.83. The molecule has 7 heteroatoms. The molecule has 1 amide bonds. The van der Waals surface area contributed by atoms with E-state index >= 15 is 0 Å². The lowest BCUT2D eigenvalue weighted by molar-refractivity contribution is -0.116. The lowest BCUT2D eigenvalue weighted by Gasteiger charge is -2.19. The molecule has 3 heterocycles. The van der Waals surface area contributed by atoms with Gasteiger partial charge in [-0.05, 0) is 41.9 Å². The van der Waals surface area contributed by atoms with Gasteiger partial charge in [0.25, 0.3) is 0 Å². The Balaban J connectivity index is 1.17. The van der Waals surface area contributed by atoms with Gasteiger partial charge >= 0.3 is 0 Å². The first-order valence-electron chi connectivity index (χ1n) is 8.79. The number of carbonyl (C=O) groups is 1. The third kappa shape index (κ3) is 3.85. The van der Waals surface area contributed by atoms with E-state index in [0.717, 1.165) is 31.0 Å². The van der Waals surface area contributed by atoms with Crippen LogP contribution in [0.15, 0.2) is 43.0 Å². The number of amides is 1. The number of anilines is 1. The molecule has 0 bridgehead atoms. The maximum Gasteiger partial charge on any atom is 0.244 e. The predicted molar refractivity (Wildman–Crippen MR) is 101 cm³/mol. The van der Waals surface area contributed by atoms with Crippen molar-refractivity contribution in [2.75, 3.05) is 24.5 Å². The molecule has 1 saturated heterocycles. The van der Waals surface area contributed by atoms with E-state index in [1.165, 1.54) is 0 Å². The van der Waals surface area contributed by atoms with Gasteiger partial charge in [0.15, 0.2) is 0 Å². The Morgan fingerprint density at radius 2 is 2.04 bits per heavy atom. The fraction of sp³-hybridized carbons (Fsp3) is 0.368. The first-order chi connectivity index (χ1) is 12.7. The van der Waals surface area contributed by atoms with Gasteiger partial charge in [-0.25, -0.2) is 9.97 Å². The number of rotatable bonds is 6. The van der Waals surface area contributed by atoms with Gasteiger partial charge in [-0.2, -0.15) is 0 Å². The van der Waals surface area contributed by atoms with Crippen LogP contribution in [-0.4, -0.2) is 40.5 Å². The second-order valence-corrected chi connectivity index (χ2v) is 7.23. The van der Waals surface area contributed by atoms with Crippen LogP contribution in [-0.2, 0) is 4.79 Å². The molecule has 134 valence electrons. The molecule has 1 aliphatic carbocycles. The van der Waals surface area contributed by atoms with E-state index in [4.69, 9.17) is 11.6 Å². The van der Waals surface area contributed by atoms with Gasteiger partial charge in [0, 0.05) is 38.1 Å². The highest BCUT2D eigenvalue weighted by Gasteiger charge is 2.55. The minimum Gasteiger partial charge on any atom is -0.353 e. The first-order valence-corrected chi connectivity index (χ1v) is 9.17. The molecule has 0 unspecified atom stereocenters. The molecule has 1 aliphatic heterocycles. The fourth-order valence-electron chi connectivity index (χ4n) is 3.78. The van der Waals surface area contributed by atoms with E-state index in [1.807, 2.05) is 12.1 Å². The van der Waals surface area contributed by atoms with Crippen molar-refractivity contribution in [3.8, 4) is 0 Å². The molecule has 1 saturated carbocycles. The van der Waals surface area contributed by atoms with Crippen molar-refractivity contribution in [1.82, 2.24) is 20.3 Å². The highest BCUT2D eigenvalue weighted by Crippen LogP contribution is 2.53. The van der Waals surface area contributed by atoms with Crippen LogP contribution in [0, 0.1) is 17.8 Å². The average molecular weight is 370 g/mol. The van der Waals surface area contributed by atoms with Crippen LogP contribution < -0.4 is 10.2 Å². The Labute approximate surface area is 157 Å². The Hall–Kier alpha value is -2.47. The zero-order valence-electron chi connectivity index (χ0n) is 14.3. The van der Waals surface area contributed by atoms with Gasteiger partial charge in [-0.1, -0.05) is 17.7 Å². The van der Waals surface area contributed by atoms with E-state index < -0.39 is 0 Å². The molecule has 0 aromatic carbocycles. The number of aromatic nitrogens is 3. The van der Waals surface area contributed by atoms with E-state index in [-0.39, 0.29) is 5.91 Å². The number of pyridine rings is 1. The largest absolute Gasteiger partial charge is 0.353 e. The summed E-state index contributed by atoms with van der Waals surface area (Å²) in [7, 11) is 0. The van der Waals surface area contributed by atoms with Crippen molar-refractivity contribution >= 4 is 29.5 Å². The van der Waals surface area contributed by atoms with Crippen LogP contribution in [0.3, 0.4) is 0 Å². The molecule has 4 rings (SSSR count). The number of nitrogens with one attached hydrogen (secondary N) is 1. The summed E-state index contributed by atoms with van der Waals surface area (Å²) in [5.74, 6) is 2.78. The Kier molecular flexibility index (Phi) is 4.84. The second-order valence-electron chi connectivity index (χ2n) is 6.80. The predicted octanol–water partition coefficient (Wildman–Crippen LogP) is 2.43. The summed E-state index contributed by atoms with van der Waals surface area (Å²) in [6.45, 7) is 2.70. The highest BCUT2D eigenvalue weighted by molar-refractivity contribution is 6.30. The zero-order valence-corrected chi connectivity index (χ0v) is 15.0. The van der Waals surface area contributed by atoms with Crippen LogP contribution in [0.25, 0.3) is 6.08 Å². The summed E-state index contributed by atoms with van der Waals surface area (Å²) < 4.78 is 0. The van der Waals surface area contributed by atoms with Gasteiger partial charge < -0.3 is 10.2 Å². The highest BCUT2D eigenvalue weighted by atomic mass is 35.5. The normalized spacial score (nSPS) is 23.9. The summed E-state index contributed by atoms with van der Waals surface area (Å²) in [4.78, 5) is 26.7. The van der Waals surface area contributed by atoms with Crippen molar-refractivity contribution in [2.24, 2.45) is 17.8 Å². The topological polar surface area (TPSA) is 71.0 Å². The zero-order chi connectivity index (χ0) is 17.9. The monoisotopic (exact) mass is 369 g/mol. The minimum absolute atomic E-state index is 0.0594. The third-order valence-electron chi connectivity index (χ3n) is 5.15. The molecule has 0 radical (unpaired) electrons. The summed E-state index contributed by atoms with van der Waals surface area (Å²) in [5, 5.41) is 3.52. The number of nitrogens with zero attached hydrogens (tertiary/aromatic N) is 4. The number of carbonyl (C=O) groups excluding carboxylic acids is 1. The Morgan fingerprint density at radius 3 is 2.73 bits per heavy atom. The van der Waals surface area contributed by atoms with Crippen molar-refractivity contribution in [2.45, 2.75) is 6.42 Å². The Bertz CT molecular complexity index is 783. The molecular weight excluding hydrogens is 350 g/mol. The van der Waals surface area contributed by atoms with Gasteiger partial charge in [0.05, 0.1) is 17.4 Å². The molecule has 6 nitrogen and oxygen atoms in total. The Morgan fingerprint density at radius 1 is 1.27 bits per heavy atom. The van der Waals surface area contributed by atoms with E-state index in [0.29, 0.717) is 29.3 Å². The maximum absolute atomic E-state index is 11.9. The van der Waals surface area contributed by atoms with Gasteiger partial charge in [-0.15, -0.1) is 0 Å². The van der Waals surface area contributed by atoms with Crippen molar-refractivity contribution in [3.63, 3.8) is 0 Å². The molecule has 2 aromatic heterocycles. The first kappa shape index (κ1) is 17.0. The lowest BCUT2D eigenvalue weighted by atomic mass is 10.2. The van der Waals surface area contributed by atoms with Gasteiger partial charge in [-0.3, -0.25) is 9.78 Å². The fourth-order valence-corrected chi connectivity index (χ4v) is 3.87. The lowest BCUT2D eigenvalue weighted by Crippen LogP contribution is -2.27. The molecular formula is C19H20ClN5O. The molecule has 2 fully saturated rings.